The first-order valence-corrected chi connectivity index (χ1v) is 6.29. The molecule has 0 aromatic carbocycles. The first-order valence-electron chi connectivity index (χ1n) is 6.29. The summed E-state index contributed by atoms with van der Waals surface area (Å²) >= 11 is 0. The van der Waals surface area contributed by atoms with Crippen LogP contribution in [0.4, 0.5) is 0 Å². The molecule has 0 bridgehead atoms. The van der Waals surface area contributed by atoms with Crippen LogP contribution in [0.2, 0.25) is 0 Å². The summed E-state index contributed by atoms with van der Waals surface area (Å²) in [7, 11) is 0. The predicted octanol–water partition coefficient (Wildman–Crippen LogP) is 3.13. The normalized spacial score (nSPS) is 19.8. The Labute approximate surface area is 91.9 Å². The van der Waals surface area contributed by atoms with Gasteiger partial charge in [0.25, 0.3) is 0 Å². The summed E-state index contributed by atoms with van der Waals surface area (Å²) in [5, 5.41) is 8.33. The second-order valence-electron chi connectivity index (χ2n) is 4.52. The maximum absolute atomic E-state index is 4.30. The van der Waals surface area contributed by atoms with E-state index in [1.165, 1.54) is 50.8 Å². The lowest BCUT2D eigenvalue weighted by Crippen LogP contribution is -2.09. The van der Waals surface area contributed by atoms with Gasteiger partial charge < -0.3 is 4.57 Å². The molecule has 0 amide bonds. The van der Waals surface area contributed by atoms with Gasteiger partial charge in [0.05, 0.1) is 0 Å². The summed E-state index contributed by atoms with van der Waals surface area (Å²) in [5.41, 5.74) is 0. The van der Waals surface area contributed by atoms with Crippen molar-refractivity contribution in [1.29, 1.82) is 0 Å². The summed E-state index contributed by atoms with van der Waals surface area (Å²) < 4.78 is 2.20. The van der Waals surface area contributed by atoms with Gasteiger partial charge in [-0.15, -0.1) is 10.2 Å². The average Bonchev–Trinajstić information content (AvgIpc) is 2.65. The van der Waals surface area contributed by atoms with Crippen molar-refractivity contribution in [3.05, 3.63) is 12.2 Å². The first-order chi connectivity index (χ1) is 7.42. The van der Waals surface area contributed by atoms with Crippen LogP contribution in [0.15, 0.2) is 6.33 Å². The molecule has 1 heterocycles. The van der Waals surface area contributed by atoms with Crippen LogP contribution >= 0.6 is 0 Å². The molecule has 0 N–H and O–H groups in total. The van der Waals surface area contributed by atoms with Gasteiger partial charge >= 0.3 is 0 Å². The summed E-state index contributed by atoms with van der Waals surface area (Å²) in [6, 6.07) is 0. The fraction of sp³-hybridized carbons (Fsp3) is 0.833. The zero-order chi connectivity index (χ0) is 10.5. The molecule has 0 aliphatic heterocycles. The van der Waals surface area contributed by atoms with E-state index in [2.05, 4.69) is 21.7 Å². The van der Waals surface area contributed by atoms with E-state index in [-0.39, 0.29) is 0 Å². The van der Waals surface area contributed by atoms with Crippen LogP contribution in [0.3, 0.4) is 0 Å². The van der Waals surface area contributed by atoms with E-state index in [4.69, 9.17) is 0 Å². The second kappa shape index (κ2) is 5.29. The van der Waals surface area contributed by atoms with Crippen LogP contribution in [0.5, 0.6) is 0 Å². The molecule has 2 rings (SSSR count). The highest BCUT2D eigenvalue weighted by Crippen LogP contribution is 2.29. The minimum Gasteiger partial charge on any atom is -0.318 e. The summed E-state index contributed by atoms with van der Waals surface area (Å²) in [6.45, 7) is 3.16. The average molecular weight is 207 g/mol. The molecule has 0 spiro atoms. The molecule has 84 valence electrons. The number of aromatic nitrogens is 3. The Morgan fingerprint density at radius 3 is 2.53 bits per heavy atom. The van der Waals surface area contributed by atoms with Crippen LogP contribution in [0, 0.1) is 0 Å². The van der Waals surface area contributed by atoms with E-state index in [0.29, 0.717) is 5.92 Å². The molecule has 1 saturated carbocycles. The van der Waals surface area contributed by atoms with Crippen LogP contribution in [0.1, 0.15) is 63.6 Å². The molecule has 15 heavy (non-hydrogen) atoms. The number of hydrogen-bond acceptors (Lipinski definition) is 2. The Morgan fingerprint density at radius 2 is 1.87 bits per heavy atom. The Morgan fingerprint density at radius 1 is 1.20 bits per heavy atom. The van der Waals surface area contributed by atoms with Gasteiger partial charge in [-0.2, -0.15) is 0 Å². The van der Waals surface area contributed by atoms with Crippen molar-refractivity contribution in [2.45, 2.75) is 64.3 Å². The third kappa shape index (κ3) is 2.58. The quantitative estimate of drug-likeness (QED) is 0.746. The molecular formula is C12H21N3. The molecule has 1 fully saturated rings. The largest absolute Gasteiger partial charge is 0.318 e. The third-order valence-electron chi connectivity index (χ3n) is 3.46. The first kappa shape index (κ1) is 10.7. The van der Waals surface area contributed by atoms with Crippen LogP contribution < -0.4 is 0 Å². The van der Waals surface area contributed by atoms with E-state index in [1.54, 1.807) is 0 Å². The van der Waals surface area contributed by atoms with Crippen molar-refractivity contribution in [2.75, 3.05) is 0 Å². The predicted molar refractivity (Wildman–Crippen MR) is 60.8 cm³/mol. The van der Waals surface area contributed by atoms with Crippen molar-refractivity contribution in [1.82, 2.24) is 14.8 Å². The lowest BCUT2D eigenvalue weighted by Gasteiger charge is -2.19. The molecule has 3 heteroatoms. The van der Waals surface area contributed by atoms with Crippen molar-refractivity contribution in [2.24, 2.45) is 0 Å². The van der Waals surface area contributed by atoms with Crippen LogP contribution in [-0.4, -0.2) is 14.8 Å². The molecule has 0 atom stereocenters. The fourth-order valence-corrected chi connectivity index (χ4v) is 2.54. The smallest absolute Gasteiger partial charge is 0.135 e. The van der Waals surface area contributed by atoms with Crippen molar-refractivity contribution < 1.29 is 0 Å². The van der Waals surface area contributed by atoms with Gasteiger partial charge in [0, 0.05) is 12.5 Å². The number of rotatable bonds is 2. The summed E-state index contributed by atoms with van der Waals surface area (Å²) in [5.74, 6) is 1.88. The topological polar surface area (TPSA) is 30.7 Å². The molecule has 0 radical (unpaired) electrons. The lowest BCUT2D eigenvalue weighted by molar-refractivity contribution is 0.430. The minimum absolute atomic E-state index is 0.660. The Balaban J connectivity index is 2.06. The zero-order valence-electron chi connectivity index (χ0n) is 9.65. The Hall–Kier alpha value is -0.860. The number of aryl methyl sites for hydroxylation is 1. The van der Waals surface area contributed by atoms with E-state index >= 15 is 0 Å². The van der Waals surface area contributed by atoms with E-state index in [9.17, 15) is 0 Å². The molecular weight excluding hydrogens is 186 g/mol. The molecule has 0 saturated heterocycles. The third-order valence-corrected chi connectivity index (χ3v) is 3.46. The van der Waals surface area contributed by atoms with Crippen molar-refractivity contribution in [3.8, 4) is 0 Å². The van der Waals surface area contributed by atoms with Gasteiger partial charge in [-0.25, -0.2) is 0 Å². The SMILES string of the molecule is CCn1cnnc1C1CCCCCCC1. The highest BCUT2D eigenvalue weighted by Gasteiger charge is 2.18. The number of hydrogen-bond donors (Lipinski definition) is 0. The van der Waals surface area contributed by atoms with Gasteiger partial charge in [0.1, 0.15) is 12.2 Å². The standard InChI is InChI=1S/C12H21N3/c1-2-15-10-13-14-12(15)11-8-6-4-3-5-7-9-11/h10-11H,2-9H2,1H3. The van der Waals surface area contributed by atoms with Gasteiger partial charge in [-0.3, -0.25) is 0 Å². The Bertz CT molecular complexity index is 285. The van der Waals surface area contributed by atoms with E-state index in [0.717, 1.165) is 6.54 Å². The van der Waals surface area contributed by atoms with Gasteiger partial charge in [-0.05, 0) is 19.8 Å². The second-order valence-corrected chi connectivity index (χ2v) is 4.52. The van der Waals surface area contributed by atoms with Gasteiger partial charge in [0.15, 0.2) is 0 Å². The van der Waals surface area contributed by atoms with Crippen LogP contribution in [0.25, 0.3) is 0 Å². The zero-order valence-corrected chi connectivity index (χ0v) is 9.65. The molecule has 1 aliphatic rings. The number of nitrogens with zero attached hydrogens (tertiary/aromatic N) is 3. The van der Waals surface area contributed by atoms with E-state index < -0.39 is 0 Å². The molecule has 1 aromatic heterocycles. The minimum atomic E-state index is 0.660. The lowest BCUT2D eigenvalue weighted by atomic mass is 9.90. The Kier molecular flexibility index (Phi) is 3.75. The maximum Gasteiger partial charge on any atom is 0.135 e. The molecule has 1 aromatic rings. The maximum atomic E-state index is 4.30. The molecule has 0 unspecified atom stereocenters. The summed E-state index contributed by atoms with van der Waals surface area (Å²) in [4.78, 5) is 0. The van der Waals surface area contributed by atoms with E-state index in [1.807, 2.05) is 6.33 Å². The van der Waals surface area contributed by atoms with Crippen LogP contribution in [-0.2, 0) is 6.54 Å². The van der Waals surface area contributed by atoms with Crippen molar-refractivity contribution in [3.63, 3.8) is 0 Å². The van der Waals surface area contributed by atoms with Crippen molar-refractivity contribution >= 4 is 0 Å². The van der Waals surface area contributed by atoms with Gasteiger partial charge in [0.2, 0.25) is 0 Å². The molecule has 3 nitrogen and oxygen atoms in total. The molecule has 1 aliphatic carbocycles. The highest BCUT2D eigenvalue weighted by atomic mass is 15.3. The highest BCUT2D eigenvalue weighted by molar-refractivity contribution is 4.96. The fourth-order valence-electron chi connectivity index (χ4n) is 2.54. The summed E-state index contributed by atoms with van der Waals surface area (Å²) in [6.07, 6.45) is 11.4. The van der Waals surface area contributed by atoms with Gasteiger partial charge in [-0.1, -0.05) is 32.1 Å². The monoisotopic (exact) mass is 207 g/mol.